The molecule has 0 bridgehead atoms. The third-order valence-corrected chi connectivity index (χ3v) is 6.09. The summed E-state index contributed by atoms with van der Waals surface area (Å²) in [7, 11) is 0. The number of fused-ring (bicyclic) bond motifs is 1. The molecule has 1 atom stereocenters. The van der Waals surface area contributed by atoms with E-state index in [1.165, 1.54) is 6.07 Å². The number of halogens is 1. The monoisotopic (exact) mass is 435 g/mol. The van der Waals surface area contributed by atoms with Crippen LogP contribution in [0.15, 0.2) is 59.0 Å². The number of carbonyl (C=O) groups is 3. The number of nitrogens with one attached hydrogen (secondary N) is 1. The molecular weight excluding hydrogens is 413 g/mol. The molecule has 32 heavy (non-hydrogen) atoms. The van der Waals surface area contributed by atoms with Gasteiger partial charge in [0.1, 0.15) is 23.7 Å². The first-order chi connectivity index (χ1) is 15.4. The van der Waals surface area contributed by atoms with Crippen LogP contribution in [0.1, 0.15) is 31.1 Å². The molecule has 2 heterocycles. The maximum Gasteiger partial charge on any atom is 0.325 e. The van der Waals surface area contributed by atoms with Gasteiger partial charge in [0.05, 0.1) is 0 Å². The van der Waals surface area contributed by atoms with Gasteiger partial charge in [-0.25, -0.2) is 9.18 Å². The average Bonchev–Trinajstić information content (AvgIpc) is 3.47. The summed E-state index contributed by atoms with van der Waals surface area (Å²) in [6.07, 6.45) is 1.63. The van der Waals surface area contributed by atoms with E-state index in [0.717, 1.165) is 23.1 Å². The van der Waals surface area contributed by atoms with E-state index >= 15 is 0 Å². The fraction of sp³-hybridized carbons (Fsp3) is 0.292. The van der Waals surface area contributed by atoms with Gasteiger partial charge < -0.3 is 14.6 Å². The van der Waals surface area contributed by atoms with Gasteiger partial charge in [0.15, 0.2) is 5.54 Å². The second-order valence-corrected chi connectivity index (χ2v) is 8.44. The van der Waals surface area contributed by atoms with E-state index < -0.39 is 35.7 Å². The highest BCUT2D eigenvalue weighted by molar-refractivity contribution is 6.09. The molecule has 7 nitrogen and oxygen atoms in total. The van der Waals surface area contributed by atoms with Crippen molar-refractivity contribution in [2.24, 2.45) is 0 Å². The molecule has 1 N–H and O–H groups in total. The molecule has 2 aromatic carbocycles. The first-order valence-electron chi connectivity index (χ1n) is 10.5. The maximum atomic E-state index is 14.1. The van der Waals surface area contributed by atoms with Crippen LogP contribution in [0.25, 0.3) is 11.0 Å². The lowest BCUT2D eigenvalue weighted by molar-refractivity contribution is -0.139. The minimum absolute atomic E-state index is 0.00960. The van der Waals surface area contributed by atoms with E-state index in [0.29, 0.717) is 16.9 Å². The fourth-order valence-corrected chi connectivity index (χ4v) is 4.08. The SMILES string of the molecule is C[C@]1(c2cc3ccccc3o2)NC(=O)N(CC(=O)N(Cc2ccccc2F)C2CC2)C1=O. The fourth-order valence-electron chi connectivity index (χ4n) is 4.08. The highest BCUT2D eigenvalue weighted by Crippen LogP contribution is 2.34. The Morgan fingerprint density at radius 1 is 1.19 bits per heavy atom. The zero-order chi connectivity index (χ0) is 22.5. The lowest BCUT2D eigenvalue weighted by atomic mass is 9.99. The van der Waals surface area contributed by atoms with Crippen LogP contribution in [0.3, 0.4) is 0 Å². The number of furan rings is 1. The Hall–Kier alpha value is -3.68. The molecule has 1 aromatic heterocycles. The topological polar surface area (TPSA) is 82.9 Å². The first-order valence-corrected chi connectivity index (χ1v) is 10.5. The quantitative estimate of drug-likeness (QED) is 0.601. The molecule has 1 aliphatic heterocycles. The van der Waals surface area contributed by atoms with Gasteiger partial charge in [0.25, 0.3) is 5.91 Å². The smallest absolute Gasteiger partial charge is 0.325 e. The molecule has 5 rings (SSSR count). The summed E-state index contributed by atoms with van der Waals surface area (Å²) in [6.45, 7) is 1.25. The van der Waals surface area contributed by atoms with Crippen LogP contribution < -0.4 is 5.32 Å². The molecule has 3 aromatic rings. The van der Waals surface area contributed by atoms with Gasteiger partial charge >= 0.3 is 6.03 Å². The first kappa shape index (κ1) is 20.2. The molecular formula is C24H22FN3O4. The molecule has 1 saturated carbocycles. The van der Waals surface area contributed by atoms with E-state index in [4.69, 9.17) is 4.42 Å². The maximum absolute atomic E-state index is 14.1. The van der Waals surface area contributed by atoms with Gasteiger partial charge in [-0.3, -0.25) is 14.5 Å². The summed E-state index contributed by atoms with van der Waals surface area (Å²) in [6, 6.07) is 14.6. The van der Waals surface area contributed by atoms with E-state index in [-0.39, 0.29) is 12.6 Å². The van der Waals surface area contributed by atoms with Crippen molar-refractivity contribution in [2.45, 2.75) is 37.9 Å². The number of nitrogens with zero attached hydrogens (tertiary/aromatic N) is 2. The highest BCUT2D eigenvalue weighted by Gasteiger charge is 2.52. The molecule has 0 spiro atoms. The van der Waals surface area contributed by atoms with Crippen LogP contribution in [-0.2, 0) is 21.7 Å². The van der Waals surface area contributed by atoms with Crippen molar-refractivity contribution in [1.82, 2.24) is 15.1 Å². The summed E-state index contributed by atoms with van der Waals surface area (Å²) >= 11 is 0. The molecule has 4 amide bonds. The van der Waals surface area contributed by atoms with E-state index in [9.17, 15) is 18.8 Å². The van der Waals surface area contributed by atoms with Crippen molar-refractivity contribution in [3.8, 4) is 0 Å². The molecule has 2 fully saturated rings. The molecule has 1 aliphatic carbocycles. The van der Waals surface area contributed by atoms with Gasteiger partial charge in [-0.05, 0) is 38.0 Å². The van der Waals surface area contributed by atoms with Crippen LogP contribution in [0.5, 0.6) is 0 Å². The minimum Gasteiger partial charge on any atom is -0.458 e. The largest absolute Gasteiger partial charge is 0.458 e. The Labute approximate surface area is 183 Å². The van der Waals surface area contributed by atoms with Gasteiger partial charge in [0.2, 0.25) is 5.91 Å². The number of amides is 4. The Morgan fingerprint density at radius 2 is 1.91 bits per heavy atom. The summed E-state index contributed by atoms with van der Waals surface area (Å²) in [4.78, 5) is 41.4. The number of carbonyl (C=O) groups excluding carboxylic acids is 3. The van der Waals surface area contributed by atoms with E-state index in [1.54, 1.807) is 42.2 Å². The number of hydrogen-bond donors (Lipinski definition) is 1. The number of imide groups is 1. The van der Waals surface area contributed by atoms with Crippen molar-refractivity contribution in [3.05, 3.63) is 71.7 Å². The van der Waals surface area contributed by atoms with Gasteiger partial charge in [-0.1, -0.05) is 36.4 Å². The van der Waals surface area contributed by atoms with E-state index in [1.807, 2.05) is 18.2 Å². The molecule has 0 unspecified atom stereocenters. The number of hydrogen-bond acceptors (Lipinski definition) is 4. The highest BCUT2D eigenvalue weighted by atomic mass is 19.1. The van der Waals surface area contributed by atoms with Crippen molar-refractivity contribution >= 4 is 28.8 Å². The lowest BCUT2D eigenvalue weighted by Crippen LogP contribution is -2.45. The summed E-state index contributed by atoms with van der Waals surface area (Å²) in [5, 5.41) is 3.48. The van der Waals surface area contributed by atoms with Gasteiger partial charge in [-0.2, -0.15) is 0 Å². The molecule has 1 saturated heterocycles. The third kappa shape index (κ3) is 3.41. The number of para-hydroxylation sites is 1. The lowest BCUT2D eigenvalue weighted by Gasteiger charge is -2.25. The third-order valence-electron chi connectivity index (χ3n) is 6.09. The van der Waals surface area contributed by atoms with Crippen molar-refractivity contribution in [3.63, 3.8) is 0 Å². The second kappa shape index (κ2) is 7.47. The zero-order valence-electron chi connectivity index (χ0n) is 17.5. The normalized spacial score (nSPS) is 20.6. The minimum atomic E-state index is -1.41. The van der Waals surface area contributed by atoms with Crippen molar-refractivity contribution < 1.29 is 23.2 Å². The second-order valence-electron chi connectivity index (χ2n) is 8.44. The number of rotatable bonds is 6. The Kier molecular flexibility index (Phi) is 4.73. The molecule has 8 heteroatoms. The average molecular weight is 435 g/mol. The van der Waals surface area contributed by atoms with Gasteiger partial charge in [0, 0.05) is 23.5 Å². The van der Waals surface area contributed by atoms with Gasteiger partial charge in [-0.15, -0.1) is 0 Å². The predicted molar refractivity (Wildman–Crippen MR) is 114 cm³/mol. The van der Waals surface area contributed by atoms with E-state index in [2.05, 4.69) is 5.32 Å². The van der Waals surface area contributed by atoms with Crippen LogP contribution >= 0.6 is 0 Å². The van der Waals surface area contributed by atoms with Crippen LogP contribution in [-0.4, -0.2) is 40.2 Å². The van der Waals surface area contributed by atoms with Crippen LogP contribution in [0, 0.1) is 5.82 Å². The summed E-state index contributed by atoms with van der Waals surface area (Å²) < 4.78 is 19.9. The summed E-state index contributed by atoms with van der Waals surface area (Å²) in [5.41, 5.74) is -0.408. The number of urea groups is 1. The predicted octanol–water partition coefficient (Wildman–Crippen LogP) is 3.53. The summed E-state index contributed by atoms with van der Waals surface area (Å²) in [5.74, 6) is -1.04. The molecule has 0 radical (unpaired) electrons. The standard InChI is InChI=1S/C24H22FN3O4/c1-24(20-12-15-6-3-5-9-19(15)32-20)22(30)28(23(31)26-24)14-21(29)27(17-10-11-17)13-16-7-2-4-8-18(16)25/h2-9,12,17H,10-11,13-14H2,1H3,(H,26,31)/t24-/m1/s1. The Morgan fingerprint density at radius 3 is 2.62 bits per heavy atom. The van der Waals surface area contributed by atoms with Crippen LogP contribution in [0.2, 0.25) is 0 Å². The van der Waals surface area contributed by atoms with Crippen molar-refractivity contribution in [1.29, 1.82) is 0 Å². The molecule has 164 valence electrons. The van der Waals surface area contributed by atoms with Crippen molar-refractivity contribution in [2.75, 3.05) is 6.54 Å². The Balaban J connectivity index is 1.36. The Bertz CT molecular complexity index is 1200. The number of benzene rings is 2. The zero-order valence-corrected chi connectivity index (χ0v) is 17.5. The molecule has 2 aliphatic rings. The van der Waals surface area contributed by atoms with Crippen LogP contribution in [0.4, 0.5) is 9.18 Å².